The Morgan fingerprint density at radius 3 is 2.12 bits per heavy atom. The van der Waals surface area contributed by atoms with Crippen LogP contribution in [0.1, 0.15) is 19.3 Å². The molecule has 0 amide bonds. The zero-order chi connectivity index (χ0) is 13.4. The Labute approximate surface area is 104 Å². The summed E-state index contributed by atoms with van der Waals surface area (Å²) in [5.41, 5.74) is -3.46. The molecule has 7 nitrogen and oxygen atoms in total. The van der Waals surface area contributed by atoms with Crippen LogP contribution in [0.2, 0.25) is 0 Å². The molecule has 1 aliphatic carbocycles. The number of hydrogen-bond donors (Lipinski definition) is 6. The molecule has 5 N–H and O–H groups in total. The lowest BCUT2D eigenvalue weighted by molar-refractivity contribution is -0.114. The number of thiol groups is 1. The van der Waals surface area contributed by atoms with Crippen molar-refractivity contribution in [2.24, 2.45) is 5.92 Å². The molecule has 1 rings (SSSR count). The molecule has 0 heterocycles. The largest absolute Gasteiger partial charge is 0.479 e. The second-order valence-electron chi connectivity index (χ2n) is 4.10. The van der Waals surface area contributed by atoms with Crippen LogP contribution in [0.4, 0.5) is 0 Å². The average molecular weight is 305 g/mol. The minimum absolute atomic E-state index is 0.357. The van der Waals surface area contributed by atoms with Crippen molar-refractivity contribution in [2.45, 2.75) is 30.2 Å². The predicted octanol–water partition coefficient (Wildman–Crippen LogP) is -0.103. The highest BCUT2D eigenvalue weighted by atomic mass is 32.1. The van der Waals surface area contributed by atoms with Crippen LogP contribution in [0.5, 0.6) is 0 Å². The molecular formula is C7H15O7P2S+. The van der Waals surface area contributed by atoms with Gasteiger partial charge in [-0.15, -0.1) is 0 Å². The number of rotatable bonds is 4. The highest BCUT2D eigenvalue weighted by molar-refractivity contribution is 7.81. The first kappa shape index (κ1) is 15.5. The number of carbonyl (C=O) groups is 1. The van der Waals surface area contributed by atoms with Gasteiger partial charge in [-0.3, -0.25) is 4.57 Å². The third kappa shape index (κ3) is 3.72. The van der Waals surface area contributed by atoms with Gasteiger partial charge in [0.05, 0.1) is 0 Å². The van der Waals surface area contributed by atoms with Gasteiger partial charge in [0.1, 0.15) is 0 Å². The van der Waals surface area contributed by atoms with E-state index >= 15 is 0 Å². The van der Waals surface area contributed by atoms with E-state index in [9.17, 15) is 9.36 Å². The quantitative estimate of drug-likeness (QED) is 0.315. The van der Waals surface area contributed by atoms with Crippen LogP contribution in [0.25, 0.3) is 0 Å². The van der Waals surface area contributed by atoms with Gasteiger partial charge in [0.25, 0.3) is 0 Å². The fourth-order valence-electron chi connectivity index (χ4n) is 2.09. The molecule has 1 aliphatic rings. The first-order valence-electron chi connectivity index (χ1n) is 4.90. The normalized spacial score (nSPS) is 28.1. The molecular weight excluding hydrogens is 290 g/mol. The van der Waals surface area contributed by atoms with E-state index in [1.165, 1.54) is 0 Å². The van der Waals surface area contributed by atoms with Gasteiger partial charge >= 0.3 is 21.1 Å². The summed E-state index contributed by atoms with van der Waals surface area (Å²) in [6.45, 7) is 0. The third-order valence-corrected chi connectivity index (χ3v) is 5.90. The summed E-state index contributed by atoms with van der Waals surface area (Å²) in [6.07, 6.45) is 1.59. The van der Waals surface area contributed by atoms with E-state index in [0.717, 1.165) is 0 Å². The summed E-state index contributed by atoms with van der Waals surface area (Å²) >= 11 is 4.12. The molecule has 0 saturated heterocycles. The molecule has 3 atom stereocenters. The first-order valence-corrected chi connectivity index (χ1v) is 8.74. The van der Waals surface area contributed by atoms with E-state index in [1.54, 1.807) is 0 Å². The SMILES string of the molecule is O=C(C(C1CCCC1S)P(=O)(O)O)[P+](O)(O)O. The lowest BCUT2D eigenvalue weighted by Gasteiger charge is -2.24. The van der Waals surface area contributed by atoms with E-state index in [0.29, 0.717) is 19.3 Å². The van der Waals surface area contributed by atoms with Crippen LogP contribution >= 0.6 is 28.2 Å². The summed E-state index contributed by atoms with van der Waals surface area (Å²) in [6, 6.07) is 0. The molecule has 3 unspecified atom stereocenters. The highest BCUT2D eigenvalue weighted by Crippen LogP contribution is 2.59. The van der Waals surface area contributed by atoms with Crippen molar-refractivity contribution in [3.8, 4) is 0 Å². The maximum atomic E-state index is 11.5. The summed E-state index contributed by atoms with van der Waals surface area (Å²) in [5, 5.41) is -0.400. The Hall–Kier alpha value is 0.480. The molecule has 1 fully saturated rings. The van der Waals surface area contributed by atoms with Gasteiger partial charge in [-0.05, 0) is 18.8 Å². The first-order chi connectivity index (χ1) is 7.55. The van der Waals surface area contributed by atoms with Gasteiger partial charge in [0.15, 0.2) is 5.66 Å². The van der Waals surface area contributed by atoms with E-state index in [-0.39, 0.29) is 0 Å². The fourth-order valence-corrected chi connectivity index (χ4v) is 5.34. The van der Waals surface area contributed by atoms with Crippen LogP contribution < -0.4 is 0 Å². The minimum Gasteiger partial charge on any atom is -0.324 e. The van der Waals surface area contributed by atoms with Gasteiger partial charge in [-0.2, -0.15) is 27.3 Å². The van der Waals surface area contributed by atoms with Gasteiger partial charge in [0, 0.05) is 5.25 Å². The zero-order valence-corrected chi connectivity index (χ0v) is 11.4. The van der Waals surface area contributed by atoms with Crippen molar-refractivity contribution in [3.05, 3.63) is 0 Å². The molecule has 0 aliphatic heterocycles. The number of hydrogen-bond acceptors (Lipinski definition) is 6. The Morgan fingerprint density at radius 2 is 1.82 bits per heavy atom. The lowest BCUT2D eigenvalue weighted by Crippen LogP contribution is -2.33. The smallest absolute Gasteiger partial charge is 0.324 e. The Morgan fingerprint density at radius 1 is 1.29 bits per heavy atom. The predicted molar refractivity (Wildman–Crippen MR) is 64.5 cm³/mol. The molecule has 0 aromatic carbocycles. The van der Waals surface area contributed by atoms with Crippen molar-refractivity contribution in [1.29, 1.82) is 0 Å². The monoisotopic (exact) mass is 305 g/mol. The van der Waals surface area contributed by atoms with Crippen molar-refractivity contribution in [3.63, 3.8) is 0 Å². The summed E-state index contributed by atoms with van der Waals surface area (Å²) in [4.78, 5) is 56.4. The van der Waals surface area contributed by atoms with Crippen LogP contribution in [0.3, 0.4) is 0 Å². The summed E-state index contributed by atoms with van der Waals surface area (Å²) < 4.78 is 11.3. The van der Waals surface area contributed by atoms with Crippen LogP contribution in [-0.4, -0.2) is 40.9 Å². The van der Waals surface area contributed by atoms with Gasteiger partial charge in [-0.25, -0.2) is 4.79 Å². The molecule has 10 heteroatoms. The molecule has 100 valence electrons. The van der Waals surface area contributed by atoms with Crippen LogP contribution in [0.15, 0.2) is 0 Å². The molecule has 17 heavy (non-hydrogen) atoms. The standard InChI is InChI=1S/C7H14O7P2S/c8-7(16(12,13)14)6(15(9,10)11)4-2-1-3-5(4)17/h4-6,12-14H,1-3H2,(H2-,9,10,11,17)/p+1. The molecule has 1 saturated carbocycles. The van der Waals surface area contributed by atoms with Crippen molar-refractivity contribution < 1.29 is 33.8 Å². The van der Waals surface area contributed by atoms with E-state index in [2.05, 4.69) is 12.6 Å². The Kier molecular flexibility index (Phi) is 4.78. The summed E-state index contributed by atoms with van der Waals surface area (Å²) in [7, 11) is -9.77. The van der Waals surface area contributed by atoms with Crippen LogP contribution in [0, 0.1) is 5.92 Å². The van der Waals surface area contributed by atoms with Crippen molar-refractivity contribution >= 4 is 33.7 Å². The van der Waals surface area contributed by atoms with E-state index in [4.69, 9.17) is 24.5 Å². The Bertz CT molecular complexity index is 349. The lowest BCUT2D eigenvalue weighted by atomic mass is 10.0. The van der Waals surface area contributed by atoms with Crippen LogP contribution in [-0.2, 0) is 9.36 Å². The zero-order valence-electron chi connectivity index (χ0n) is 8.75. The number of carbonyl (C=O) groups excluding carboxylic acids is 1. The second-order valence-corrected chi connectivity index (χ2v) is 8.08. The second kappa shape index (κ2) is 5.23. The molecule has 0 aromatic rings. The van der Waals surface area contributed by atoms with Gasteiger partial charge in [0.2, 0.25) is 0 Å². The van der Waals surface area contributed by atoms with E-state index < -0.39 is 37.9 Å². The van der Waals surface area contributed by atoms with E-state index in [1.807, 2.05) is 0 Å². The molecule has 0 bridgehead atoms. The van der Waals surface area contributed by atoms with Crippen molar-refractivity contribution in [2.75, 3.05) is 0 Å². The van der Waals surface area contributed by atoms with Crippen molar-refractivity contribution in [1.82, 2.24) is 0 Å². The van der Waals surface area contributed by atoms with Gasteiger partial charge < -0.3 is 9.79 Å². The topological polar surface area (TPSA) is 135 Å². The maximum absolute atomic E-state index is 11.5. The fraction of sp³-hybridized carbons (Fsp3) is 0.857. The Balaban J connectivity index is 3.05. The molecule has 0 radical (unpaired) electrons. The molecule has 0 spiro atoms. The molecule has 0 aromatic heterocycles. The highest BCUT2D eigenvalue weighted by Gasteiger charge is 2.58. The maximum Gasteiger partial charge on any atom is 0.479 e. The average Bonchev–Trinajstić information content (AvgIpc) is 2.48. The van der Waals surface area contributed by atoms with Gasteiger partial charge in [-0.1, -0.05) is 6.42 Å². The minimum atomic E-state index is -4.90. The summed E-state index contributed by atoms with van der Waals surface area (Å²) in [5.74, 6) is -0.752. The third-order valence-electron chi connectivity index (χ3n) is 2.85.